The lowest BCUT2D eigenvalue weighted by Crippen LogP contribution is -2.02. The maximum Gasteiger partial charge on any atom is 0.0340 e. The van der Waals surface area contributed by atoms with Crippen LogP contribution in [0.3, 0.4) is 0 Å². The summed E-state index contributed by atoms with van der Waals surface area (Å²) in [5.74, 6) is 0.935. The third kappa shape index (κ3) is 2.63. The van der Waals surface area contributed by atoms with Crippen molar-refractivity contribution in [3.05, 3.63) is 35.9 Å². The van der Waals surface area contributed by atoms with Crippen LogP contribution in [0.1, 0.15) is 25.3 Å². The average molecular weight is 187 g/mol. The smallest absolute Gasteiger partial charge is 0.0340 e. The molecule has 0 bridgehead atoms. The Kier molecular flexibility index (Phi) is 2.87. The van der Waals surface area contributed by atoms with Crippen LogP contribution in [-0.2, 0) is 0 Å². The lowest BCUT2D eigenvalue weighted by molar-refractivity contribution is 0.889. The van der Waals surface area contributed by atoms with Crippen molar-refractivity contribution in [3.8, 4) is 0 Å². The van der Waals surface area contributed by atoms with Gasteiger partial charge in [0.25, 0.3) is 0 Å². The van der Waals surface area contributed by atoms with Crippen LogP contribution in [0.25, 0.3) is 6.08 Å². The molecule has 0 radical (unpaired) electrons. The summed E-state index contributed by atoms with van der Waals surface area (Å²) in [6, 6.07) is 8.60. The highest BCUT2D eigenvalue weighted by molar-refractivity contribution is 5.54. The van der Waals surface area contributed by atoms with E-state index in [0.29, 0.717) is 0 Å². The van der Waals surface area contributed by atoms with Crippen LogP contribution in [0.5, 0.6) is 0 Å². The topological polar surface area (TPSA) is 12.0 Å². The molecule has 0 aliphatic heterocycles. The lowest BCUT2D eigenvalue weighted by Gasteiger charge is -2.04. The molecular formula is C13H17N. The summed E-state index contributed by atoms with van der Waals surface area (Å²) in [5, 5.41) is 3.45. The quantitative estimate of drug-likeness (QED) is 0.760. The molecule has 1 aliphatic carbocycles. The molecule has 1 aromatic rings. The van der Waals surface area contributed by atoms with Gasteiger partial charge in [0.05, 0.1) is 0 Å². The molecule has 1 aliphatic rings. The Balaban J connectivity index is 1.91. The molecule has 1 saturated carbocycles. The van der Waals surface area contributed by atoms with Crippen LogP contribution in [0, 0.1) is 5.92 Å². The standard InChI is InChI=1S/C13H17N/c1-2-3-11-6-8-13(9-7-11)14-10-12-4-5-12/h2-3,6-9,12,14H,4-5,10H2,1H3/b3-2+. The summed E-state index contributed by atoms with van der Waals surface area (Å²) in [7, 11) is 0. The fourth-order valence-corrected chi connectivity index (χ4v) is 1.49. The molecule has 1 fully saturated rings. The Labute approximate surface area is 85.8 Å². The summed E-state index contributed by atoms with van der Waals surface area (Å²) in [5.41, 5.74) is 2.51. The Hall–Kier alpha value is -1.24. The van der Waals surface area contributed by atoms with Crippen molar-refractivity contribution in [2.24, 2.45) is 5.92 Å². The summed E-state index contributed by atoms with van der Waals surface area (Å²) in [6.07, 6.45) is 6.99. The van der Waals surface area contributed by atoms with Gasteiger partial charge in [-0.25, -0.2) is 0 Å². The van der Waals surface area contributed by atoms with Gasteiger partial charge in [-0.2, -0.15) is 0 Å². The summed E-state index contributed by atoms with van der Waals surface area (Å²) in [6.45, 7) is 3.18. The molecule has 1 nitrogen and oxygen atoms in total. The highest BCUT2D eigenvalue weighted by atomic mass is 14.9. The van der Waals surface area contributed by atoms with E-state index < -0.39 is 0 Å². The van der Waals surface area contributed by atoms with E-state index in [0.717, 1.165) is 12.5 Å². The Morgan fingerprint density at radius 2 is 2.00 bits per heavy atom. The van der Waals surface area contributed by atoms with Gasteiger partial charge in [0.1, 0.15) is 0 Å². The minimum Gasteiger partial charge on any atom is -0.385 e. The van der Waals surface area contributed by atoms with Crippen molar-refractivity contribution in [1.82, 2.24) is 0 Å². The Morgan fingerprint density at radius 1 is 1.29 bits per heavy atom. The number of benzene rings is 1. The molecule has 0 atom stereocenters. The predicted molar refractivity (Wildman–Crippen MR) is 62.4 cm³/mol. The van der Waals surface area contributed by atoms with Gasteiger partial charge in [-0.15, -0.1) is 0 Å². The first kappa shape index (κ1) is 9.32. The molecule has 74 valence electrons. The minimum atomic E-state index is 0.935. The van der Waals surface area contributed by atoms with E-state index in [2.05, 4.69) is 41.7 Å². The number of rotatable bonds is 4. The zero-order valence-corrected chi connectivity index (χ0v) is 8.66. The number of allylic oxidation sites excluding steroid dienone is 1. The molecule has 0 amide bonds. The van der Waals surface area contributed by atoms with Crippen LogP contribution in [0.4, 0.5) is 5.69 Å². The molecule has 1 N–H and O–H groups in total. The van der Waals surface area contributed by atoms with Crippen LogP contribution in [0.2, 0.25) is 0 Å². The van der Waals surface area contributed by atoms with Gasteiger partial charge in [-0.1, -0.05) is 24.3 Å². The molecule has 2 rings (SSSR count). The largest absolute Gasteiger partial charge is 0.385 e. The third-order valence-corrected chi connectivity index (χ3v) is 2.56. The van der Waals surface area contributed by atoms with Crippen LogP contribution >= 0.6 is 0 Å². The van der Waals surface area contributed by atoms with Crippen molar-refractivity contribution in [1.29, 1.82) is 0 Å². The molecule has 0 heterocycles. The zero-order chi connectivity index (χ0) is 9.80. The highest BCUT2D eigenvalue weighted by Crippen LogP contribution is 2.28. The van der Waals surface area contributed by atoms with Gasteiger partial charge < -0.3 is 5.32 Å². The first-order valence-electron chi connectivity index (χ1n) is 5.35. The van der Waals surface area contributed by atoms with E-state index in [1.54, 1.807) is 0 Å². The molecule has 1 heteroatoms. The number of anilines is 1. The molecule has 0 spiro atoms. The normalized spacial score (nSPS) is 16.1. The van der Waals surface area contributed by atoms with Crippen molar-refractivity contribution in [2.45, 2.75) is 19.8 Å². The summed E-state index contributed by atoms with van der Waals surface area (Å²) >= 11 is 0. The van der Waals surface area contributed by atoms with Crippen molar-refractivity contribution in [3.63, 3.8) is 0 Å². The van der Waals surface area contributed by atoms with E-state index in [4.69, 9.17) is 0 Å². The SMILES string of the molecule is C/C=C/c1ccc(NCC2CC2)cc1. The van der Waals surface area contributed by atoms with Gasteiger partial charge in [0.15, 0.2) is 0 Å². The van der Waals surface area contributed by atoms with Crippen molar-refractivity contribution >= 4 is 11.8 Å². The van der Waals surface area contributed by atoms with E-state index in [9.17, 15) is 0 Å². The second-order valence-electron chi connectivity index (χ2n) is 3.95. The molecular weight excluding hydrogens is 170 g/mol. The van der Waals surface area contributed by atoms with Crippen LogP contribution < -0.4 is 5.32 Å². The fraction of sp³-hybridized carbons (Fsp3) is 0.385. The first-order valence-corrected chi connectivity index (χ1v) is 5.35. The highest BCUT2D eigenvalue weighted by Gasteiger charge is 2.20. The van der Waals surface area contributed by atoms with E-state index in [1.165, 1.54) is 24.1 Å². The van der Waals surface area contributed by atoms with Gasteiger partial charge in [-0.05, 0) is 43.4 Å². The van der Waals surface area contributed by atoms with E-state index in [-0.39, 0.29) is 0 Å². The van der Waals surface area contributed by atoms with E-state index >= 15 is 0 Å². The first-order chi connectivity index (χ1) is 6.88. The predicted octanol–water partition coefficient (Wildman–Crippen LogP) is 3.54. The zero-order valence-electron chi connectivity index (χ0n) is 8.66. The molecule has 0 unspecified atom stereocenters. The second-order valence-corrected chi connectivity index (χ2v) is 3.95. The Bertz CT molecular complexity index is 307. The molecule has 0 saturated heterocycles. The van der Waals surface area contributed by atoms with Gasteiger partial charge in [-0.3, -0.25) is 0 Å². The second kappa shape index (κ2) is 4.32. The average Bonchev–Trinajstić information content (AvgIpc) is 3.01. The van der Waals surface area contributed by atoms with Gasteiger partial charge >= 0.3 is 0 Å². The summed E-state index contributed by atoms with van der Waals surface area (Å²) in [4.78, 5) is 0. The number of hydrogen-bond acceptors (Lipinski definition) is 1. The molecule has 14 heavy (non-hydrogen) atoms. The number of nitrogens with one attached hydrogen (secondary N) is 1. The van der Waals surface area contributed by atoms with Gasteiger partial charge in [0.2, 0.25) is 0 Å². The maximum atomic E-state index is 3.45. The van der Waals surface area contributed by atoms with Crippen LogP contribution in [-0.4, -0.2) is 6.54 Å². The molecule has 0 aromatic heterocycles. The lowest BCUT2D eigenvalue weighted by atomic mass is 10.2. The fourth-order valence-electron chi connectivity index (χ4n) is 1.49. The third-order valence-electron chi connectivity index (χ3n) is 2.56. The van der Waals surface area contributed by atoms with Gasteiger partial charge in [0, 0.05) is 12.2 Å². The molecule has 1 aromatic carbocycles. The van der Waals surface area contributed by atoms with Crippen molar-refractivity contribution in [2.75, 3.05) is 11.9 Å². The van der Waals surface area contributed by atoms with Crippen molar-refractivity contribution < 1.29 is 0 Å². The number of hydrogen-bond donors (Lipinski definition) is 1. The monoisotopic (exact) mass is 187 g/mol. The maximum absolute atomic E-state index is 3.45. The Morgan fingerprint density at radius 3 is 2.57 bits per heavy atom. The van der Waals surface area contributed by atoms with E-state index in [1.807, 2.05) is 6.92 Å². The minimum absolute atomic E-state index is 0.935. The summed E-state index contributed by atoms with van der Waals surface area (Å²) < 4.78 is 0. The van der Waals surface area contributed by atoms with Crippen LogP contribution in [0.15, 0.2) is 30.3 Å².